The largest absolute Gasteiger partial charge is 0.351 e. The number of H-pyrrole nitrogens is 1. The maximum atomic E-state index is 13.3. The molecule has 6 heteroatoms. The number of aromatic amines is 1. The van der Waals surface area contributed by atoms with Gasteiger partial charge in [-0.1, -0.05) is 0 Å². The first-order valence-electron chi connectivity index (χ1n) is 5.38. The molecule has 1 aromatic carbocycles. The first kappa shape index (κ1) is 12.2. The molecule has 0 fully saturated rings. The maximum absolute atomic E-state index is 13.3. The van der Waals surface area contributed by atoms with Crippen LogP contribution in [0.3, 0.4) is 0 Å². The van der Waals surface area contributed by atoms with Crippen molar-refractivity contribution in [3.05, 3.63) is 53.6 Å². The molecule has 4 nitrogen and oxygen atoms in total. The number of carbonyl (C=O) groups is 1. The Morgan fingerprint density at radius 1 is 1.39 bits per heavy atom. The average molecular weight is 251 g/mol. The summed E-state index contributed by atoms with van der Waals surface area (Å²) < 4.78 is 25.9. The van der Waals surface area contributed by atoms with Crippen LogP contribution in [0.5, 0.6) is 0 Å². The minimum absolute atomic E-state index is 0.171. The zero-order chi connectivity index (χ0) is 13.0. The Labute approximate surface area is 102 Å². The summed E-state index contributed by atoms with van der Waals surface area (Å²) in [6.45, 7) is 0.323. The predicted molar refractivity (Wildman–Crippen MR) is 61.0 cm³/mol. The summed E-state index contributed by atoms with van der Waals surface area (Å²) in [7, 11) is 0. The van der Waals surface area contributed by atoms with Crippen LogP contribution in [0.2, 0.25) is 0 Å². The molecular weight excluding hydrogens is 240 g/mol. The van der Waals surface area contributed by atoms with Crippen LogP contribution < -0.4 is 5.32 Å². The fraction of sp³-hybridized carbons (Fsp3) is 0.167. The number of hydrogen-bond acceptors (Lipinski definition) is 2. The molecule has 1 heterocycles. The lowest BCUT2D eigenvalue weighted by Crippen LogP contribution is -2.26. The van der Waals surface area contributed by atoms with Crippen molar-refractivity contribution in [3.8, 4) is 0 Å². The summed E-state index contributed by atoms with van der Waals surface area (Å²) in [6, 6.07) is 2.85. The minimum atomic E-state index is -0.870. The van der Waals surface area contributed by atoms with E-state index in [1.165, 1.54) is 0 Å². The molecule has 0 saturated carbocycles. The number of nitrogens with one attached hydrogen (secondary N) is 2. The molecule has 0 aliphatic heterocycles. The SMILES string of the molecule is O=C(NCCc1ncc[nH]1)c1ccc(F)cc1F. The van der Waals surface area contributed by atoms with E-state index >= 15 is 0 Å². The fourth-order valence-corrected chi connectivity index (χ4v) is 1.50. The van der Waals surface area contributed by atoms with Crippen LogP contribution in [-0.4, -0.2) is 22.4 Å². The van der Waals surface area contributed by atoms with Gasteiger partial charge in [-0.05, 0) is 12.1 Å². The summed E-state index contributed by atoms with van der Waals surface area (Å²) in [5, 5.41) is 2.54. The third-order valence-electron chi connectivity index (χ3n) is 2.38. The number of hydrogen-bond donors (Lipinski definition) is 2. The van der Waals surface area contributed by atoms with Gasteiger partial charge in [-0.25, -0.2) is 13.8 Å². The maximum Gasteiger partial charge on any atom is 0.254 e. The van der Waals surface area contributed by atoms with E-state index in [9.17, 15) is 13.6 Å². The van der Waals surface area contributed by atoms with Crippen LogP contribution in [-0.2, 0) is 6.42 Å². The highest BCUT2D eigenvalue weighted by atomic mass is 19.1. The van der Waals surface area contributed by atoms with Crippen LogP contribution in [0, 0.1) is 11.6 Å². The Balaban J connectivity index is 1.91. The molecule has 0 unspecified atom stereocenters. The Hall–Kier alpha value is -2.24. The summed E-state index contributed by atoms with van der Waals surface area (Å²) in [4.78, 5) is 18.5. The number of amides is 1. The molecule has 1 amide bonds. The number of halogens is 2. The fourth-order valence-electron chi connectivity index (χ4n) is 1.50. The highest BCUT2D eigenvalue weighted by molar-refractivity contribution is 5.94. The highest BCUT2D eigenvalue weighted by Crippen LogP contribution is 2.09. The van der Waals surface area contributed by atoms with Crippen LogP contribution in [0.25, 0.3) is 0 Å². The quantitative estimate of drug-likeness (QED) is 0.868. The lowest BCUT2D eigenvalue weighted by Gasteiger charge is -2.05. The molecule has 0 radical (unpaired) electrons. The lowest BCUT2D eigenvalue weighted by molar-refractivity contribution is 0.0950. The van der Waals surface area contributed by atoms with Crippen LogP contribution in [0.4, 0.5) is 8.78 Å². The van der Waals surface area contributed by atoms with Gasteiger partial charge in [0.2, 0.25) is 0 Å². The molecule has 18 heavy (non-hydrogen) atoms. The number of aromatic nitrogens is 2. The summed E-state index contributed by atoms with van der Waals surface area (Å²) in [5.41, 5.74) is -0.171. The summed E-state index contributed by atoms with van der Waals surface area (Å²) in [5.74, 6) is -1.42. The van der Waals surface area contributed by atoms with E-state index in [1.807, 2.05) is 0 Å². The Bertz CT molecular complexity index is 540. The number of benzene rings is 1. The molecule has 2 rings (SSSR count). The van der Waals surface area contributed by atoms with Crippen molar-refractivity contribution in [1.82, 2.24) is 15.3 Å². The van der Waals surface area contributed by atoms with Gasteiger partial charge in [0.15, 0.2) is 0 Å². The van der Waals surface area contributed by atoms with Gasteiger partial charge in [0.1, 0.15) is 17.5 Å². The van der Waals surface area contributed by atoms with Crippen molar-refractivity contribution in [2.75, 3.05) is 6.54 Å². The Kier molecular flexibility index (Phi) is 3.66. The Morgan fingerprint density at radius 2 is 2.22 bits per heavy atom. The summed E-state index contributed by atoms with van der Waals surface area (Å²) >= 11 is 0. The van der Waals surface area contributed by atoms with Gasteiger partial charge < -0.3 is 10.3 Å². The molecular formula is C12H11F2N3O. The van der Waals surface area contributed by atoms with Crippen LogP contribution in [0.1, 0.15) is 16.2 Å². The second kappa shape index (κ2) is 5.39. The monoisotopic (exact) mass is 251 g/mol. The topological polar surface area (TPSA) is 57.8 Å². The first-order chi connectivity index (χ1) is 8.66. The van der Waals surface area contributed by atoms with E-state index in [0.717, 1.165) is 18.0 Å². The zero-order valence-electron chi connectivity index (χ0n) is 9.41. The second-order valence-corrected chi connectivity index (χ2v) is 3.67. The lowest BCUT2D eigenvalue weighted by atomic mass is 10.2. The van der Waals surface area contributed by atoms with Crippen molar-refractivity contribution < 1.29 is 13.6 Å². The molecule has 0 bridgehead atoms. The molecule has 2 N–H and O–H groups in total. The second-order valence-electron chi connectivity index (χ2n) is 3.67. The smallest absolute Gasteiger partial charge is 0.254 e. The van der Waals surface area contributed by atoms with E-state index < -0.39 is 17.5 Å². The minimum Gasteiger partial charge on any atom is -0.351 e. The van der Waals surface area contributed by atoms with Crippen molar-refractivity contribution >= 4 is 5.91 Å². The van der Waals surface area contributed by atoms with Gasteiger partial charge in [0, 0.05) is 31.4 Å². The average Bonchev–Trinajstić information content (AvgIpc) is 2.81. The molecule has 0 aliphatic carbocycles. The molecule has 0 atom stereocenters. The van der Waals surface area contributed by atoms with Crippen molar-refractivity contribution in [1.29, 1.82) is 0 Å². The molecule has 0 saturated heterocycles. The van der Waals surface area contributed by atoms with Crippen LogP contribution >= 0.6 is 0 Å². The molecule has 94 valence electrons. The number of carbonyl (C=O) groups excluding carboxylic acids is 1. The zero-order valence-corrected chi connectivity index (χ0v) is 9.41. The third-order valence-corrected chi connectivity index (χ3v) is 2.38. The standard InChI is InChI=1S/C12H11F2N3O/c13-8-1-2-9(10(14)7-8)12(18)17-4-3-11-15-5-6-16-11/h1-2,5-7H,3-4H2,(H,15,16)(H,17,18). The number of nitrogens with zero attached hydrogens (tertiary/aromatic N) is 1. The van der Waals surface area contributed by atoms with Gasteiger partial charge in [-0.15, -0.1) is 0 Å². The molecule has 0 aliphatic rings. The van der Waals surface area contributed by atoms with Gasteiger partial charge >= 0.3 is 0 Å². The number of imidazole rings is 1. The first-order valence-corrected chi connectivity index (χ1v) is 5.38. The Morgan fingerprint density at radius 3 is 2.89 bits per heavy atom. The van der Waals surface area contributed by atoms with Gasteiger partial charge in [-0.2, -0.15) is 0 Å². The highest BCUT2D eigenvalue weighted by Gasteiger charge is 2.11. The summed E-state index contributed by atoms with van der Waals surface area (Å²) in [6.07, 6.45) is 3.80. The van der Waals surface area contributed by atoms with E-state index in [2.05, 4.69) is 15.3 Å². The normalized spacial score (nSPS) is 10.3. The molecule has 2 aromatic rings. The predicted octanol–water partition coefficient (Wildman–Crippen LogP) is 1.66. The van der Waals surface area contributed by atoms with Gasteiger partial charge in [0.25, 0.3) is 5.91 Å². The van der Waals surface area contributed by atoms with E-state index in [-0.39, 0.29) is 5.56 Å². The van der Waals surface area contributed by atoms with Gasteiger partial charge in [-0.3, -0.25) is 4.79 Å². The molecule has 1 aromatic heterocycles. The van der Waals surface area contributed by atoms with Crippen molar-refractivity contribution in [2.45, 2.75) is 6.42 Å². The van der Waals surface area contributed by atoms with Crippen molar-refractivity contribution in [2.24, 2.45) is 0 Å². The third kappa shape index (κ3) is 2.91. The van der Waals surface area contributed by atoms with E-state index in [4.69, 9.17) is 0 Å². The molecule has 0 spiro atoms. The van der Waals surface area contributed by atoms with E-state index in [0.29, 0.717) is 19.0 Å². The van der Waals surface area contributed by atoms with E-state index in [1.54, 1.807) is 12.4 Å². The van der Waals surface area contributed by atoms with Crippen molar-refractivity contribution in [3.63, 3.8) is 0 Å². The van der Waals surface area contributed by atoms with Gasteiger partial charge in [0.05, 0.1) is 5.56 Å². The van der Waals surface area contributed by atoms with Crippen LogP contribution in [0.15, 0.2) is 30.6 Å². The number of rotatable bonds is 4.